The fourth-order valence-electron chi connectivity index (χ4n) is 8.01. The number of carbonyl (C=O) groups excluding carboxylic acids is 7. The molecule has 0 unspecified atom stereocenters. The number of allylic oxidation sites excluding steroid dienone is 1. The molecule has 5 amide bonds. The van der Waals surface area contributed by atoms with Gasteiger partial charge in [0.2, 0.25) is 11.7 Å². The highest BCUT2D eigenvalue weighted by Crippen LogP contribution is 2.44. The molecule has 284 valence electrons. The van der Waals surface area contributed by atoms with E-state index in [0.29, 0.717) is 30.5 Å². The van der Waals surface area contributed by atoms with E-state index in [-0.39, 0.29) is 48.8 Å². The van der Waals surface area contributed by atoms with Crippen molar-refractivity contribution in [1.29, 1.82) is 0 Å². The summed E-state index contributed by atoms with van der Waals surface area (Å²) in [6.45, 7) is 19.1. The van der Waals surface area contributed by atoms with Gasteiger partial charge in [0.1, 0.15) is 6.04 Å². The summed E-state index contributed by atoms with van der Waals surface area (Å²) in [5.74, 6) is -3.09. The lowest BCUT2D eigenvalue weighted by Gasteiger charge is -2.38. The van der Waals surface area contributed by atoms with Gasteiger partial charge < -0.3 is 15.5 Å². The number of amides is 5. The predicted molar refractivity (Wildman–Crippen MR) is 198 cm³/mol. The topological polar surface area (TPSA) is 150 Å². The quantitative estimate of drug-likeness (QED) is 0.133. The third kappa shape index (κ3) is 9.07. The standard InChI is InChI=1S/C41H58N4O7/c1-10-11-19-30(46)34(48)26(20-24(2)3)21-31(47)33-27-18-14-15-25(27)22-44(33)38(51)35(41(7,8)9)43-39(52)42-32(40(4,5)6)23-45-36(49)28-16-12-13-17-29(28)37(45)50/h10,12-13,16-17,24-27,32-33,35H,1,11,14-15,18-23H2,2-9H3,(H2,42,43,52)/t25-,26+,27-,32+,33-,35+/m0/s1. The second-order valence-corrected chi connectivity index (χ2v) is 17.5. The number of rotatable bonds is 15. The van der Waals surface area contributed by atoms with Crippen LogP contribution in [0.25, 0.3) is 0 Å². The van der Waals surface area contributed by atoms with Gasteiger partial charge >= 0.3 is 6.03 Å². The Labute approximate surface area is 308 Å². The van der Waals surface area contributed by atoms with Gasteiger partial charge in [-0.15, -0.1) is 6.58 Å². The summed E-state index contributed by atoms with van der Waals surface area (Å²) in [6.07, 6.45) is 4.91. The van der Waals surface area contributed by atoms with Crippen LogP contribution in [0.4, 0.5) is 4.79 Å². The molecule has 11 nitrogen and oxygen atoms in total. The molecule has 3 aliphatic rings. The number of ketones is 3. The van der Waals surface area contributed by atoms with Crippen LogP contribution < -0.4 is 10.6 Å². The largest absolute Gasteiger partial charge is 0.333 e. The molecule has 4 rings (SSSR count). The Morgan fingerprint density at radius 3 is 2.08 bits per heavy atom. The molecule has 0 bridgehead atoms. The summed E-state index contributed by atoms with van der Waals surface area (Å²) < 4.78 is 0. The molecule has 1 aromatic rings. The monoisotopic (exact) mass is 718 g/mol. The van der Waals surface area contributed by atoms with Crippen LogP contribution in [0.5, 0.6) is 0 Å². The summed E-state index contributed by atoms with van der Waals surface area (Å²) in [7, 11) is 0. The Kier molecular flexibility index (Phi) is 12.7. The zero-order valence-electron chi connectivity index (χ0n) is 32.3. The molecule has 0 spiro atoms. The van der Waals surface area contributed by atoms with E-state index in [0.717, 1.165) is 24.2 Å². The Bertz CT molecular complexity index is 1550. The van der Waals surface area contributed by atoms with Crippen molar-refractivity contribution in [3.8, 4) is 0 Å². The van der Waals surface area contributed by atoms with E-state index in [9.17, 15) is 33.6 Å². The molecular weight excluding hydrogens is 660 g/mol. The van der Waals surface area contributed by atoms with E-state index in [2.05, 4.69) is 17.2 Å². The van der Waals surface area contributed by atoms with Crippen molar-refractivity contribution in [2.75, 3.05) is 13.1 Å². The SMILES string of the molecule is C=CCCC(=O)C(=O)[C@@H](CC(=O)[C@@H]1[C@H]2CCC[C@H]2CN1C(=O)[C@@H](NC(=O)N[C@H](CN1C(=O)c2ccccc2C1=O)C(C)(C)C)C(C)(C)C)CC(C)C. The van der Waals surface area contributed by atoms with Crippen LogP contribution in [0.1, 0.15) is 121 Å². The van der Waals surface area contributed by atoms with E-state index in [1.165, 1.54) is 0 Å². The molecule has 1 aromatic carbocycles. The first-order valence-electron chi connectivity index (χ1n) is 18.8. The molecule has 1 saturated carbocycles. The lowest BCUT2D eigenvalue weighted by atomic mass is 9.82. The Balaban J connectivity index is 1.54. The average molecular weight is 719 g/mol. The van der Waals surface area contributed by atoms with E-state index in [1.807, 2.05) is 55.4 Å². The molecule has 0 radical (unpaired) electrons. The molecule has 2 N–H and O–H groups in total. The second kappa shape index (κ2) is 16.3. The summed E-state index contributed by atoms with van der Waals surface area (Å²) in [4.78, 5) is 97.7. The minimum absolute atomic E-state index is 0.0536. The number of hydrogen-bond acceptors (Lipinski definition) is 7. The summed E-state index contributed by atoms with van der Waals surface area (Å²) in [5, 5.41) is 5.84. The van der Waals surface area contributed by atoms with E-state index in [1.54, 1.807) is 35.2 Å². The van der Waals surface area contributed by atoms with Crippen LogP contribution in [0, 0.1) is 34.5 Å². The summed E-state index contributed by atoms with van der Waals surface area (Å²) in [6, 6.07) is 3.56. The molecule has 2 fully saturated rings. The van der Waals surface area contributed by atoms with Crippen LogP contribution >= 0.6 is 0 Å². The van der Waals surface area contributed by atoms with E-state index < -0.39 is 64.3 Å². The minimum atomic E-state index is -1.02. The first-order chi connectivity index (χ1) is 24.3. The molecule has 2 heterocycles. The van der Waals surface area contributed by atoms with Crippen LogP contribution in [0.2, 0.25) is 0 Å². The van der Waals surface area contributed by atoms with E-state index >= 15 is 0 Å². The Morgan fingerprint density at radius 1 is 0.923 bits per heavy atom. The zero-order chi connectivity index (χ0) is 38.7. The molecule has 0 aromatic heterocycles. The van der Waals surface area contributed by atoms with Crippen LogP contribution in [-0.4, -0.2) is 82.1 Å². The molecular formula is C41H58N4O7. The molecule has 52 heavy (non-hydrogen) atoms. The average Bonchev–Trinajstić information content (AvgIpc) is 3.73. The number of urea groups is 1. The fraction of sp³-hybridized carbons (Fsp3) is 0.634. The van der Waals surface area contributed by atoms with Gasteiger partial charge in [-0.05, 0) is 66.4 Å². The van der Waals surface area contributed by atoms with Crippen molar-refractivity contribution in [3.05, 3.63) is 48.0 Å². The van der Waals surface area contributed by atoms with Crippen molar-refractivity contribution in [2.45, 2.75) is 118 Å². The van der Waals surface area contributed by atoms with Gasteiger partial charge in [-0.1, -0.05) is 80.0 Å². The van der Waals surface area contributed by atoms with Crippen molar-refractivity contribution in [2.24, 2.45) is 34.5 Å². The normalized spacial score (nSPS) is 21.8. The predicted octanol–water partition coefficient (Wildman–Crippen LogP) is 5.76. The number of carbonyl (C=O) groups is 7. The van der Waals surface area contributed by atoms with Gasteiger partial charge in [-0.3, -0.25) is 33.7 Å². The highest BCUT2D eigenvalue weighted by Gasteiger charge is 2.52. The number of imide groups is 1. The van der Waals surface area contributed by atoms with Crippen molar-refractivity contribution < 1.29 is 33.6 Å². The number of fused-ring (bicyclic) bond motifs is 2. The van der Waals surface area contributed by atoms with Gasteiger partial charge in [0.25, 0.3) is 11.8 Å². The fourth-order valence-corrected chi connectivity index (χ4v) is 8.01. The van der Waals surface area contributed by atoms with Crippen molar-refractivity contribution in [1.82, 2.24) is 20.4 Å². The molecule has 6 atom stereocenters. The lowest BCUT2D eigenvalue weighted by molar-refractivity contribution is -0.144. The summed E-state index contributed by atoms with van der Waals surface area (Å²) in [5.41, 5.74) is -0.689. The number of benzene rings is 1. The van der Waals surface area contributed by atoms with E-state index in [4.69, 9.17) is 0 Å². The van der Waals surface area contributed by atoms with Gasteiger partial charge in [-0.25, -0.2) is 4.79 Å². The lowest BCUT2D eigenvalue weighted by Crippen LogP contribution is -2.61. The Hall–Kier alpha value is -4.15. The smallest absolute Gasteiger partial charge is 0.315 e. The first-order valence-corrected chi connectivity index (χ1v) is 18.8. The van der Waals surface area contributed by atoms with Crippen molar-refractivity contribution in [3.63, 3.8) is 0 Å². The molecule has 11 heteroatoms. The number of hydrogen-bond donors (Lipinski definition) is 2. The molecule has 1 aliphatic carbocycles. The van der Waals surface area contributed by atoms with Gasteiger partial charge in [-0.2, -0.15) is 0 Å². The van der Waals surface area contributed by atoms with Crippen LogP contribution in [0.15, 0.2) is 36.9 Å². The van der Waals surface area contributed by atoms with Crippen molar-refractivity contribution >= 4 is 41.1 Å². The van der Waals surface area contributed by atoms with Crippen LogP contribution in [0.3, 0.4) is 0 Å². The summed E-state index contributed by atoms with van der Waals surface area (Å²) >= 11 is 0. The number of Topliss-reactive ketones (excluding diaryl/α,β-unsaturated/α-hetero) is 3. The Morgan fingerprint density at radius 2 is 1.54 bits per heavy atom. The molecule has 1 saturated heterocycles. The maximum absolute atomic E-state index is 14.6. The van der Waals surface area contributed by atoms with Gasteiger partial charge in [0, 0.05) is 25.3 Å². The third-order valence-electron chi connectivity index (χ3n) is 10.9. The third-order valence-corrected chi connectivity index (χ3v) is 10.9. The zero-order valence-corrected chi connectivity index (χ0v) is 32.3. The highest BCUT2D eigenvalue weighted by atomic mass is 16.2. The number of nitrogens with one attached hydrogen (secondary N) is 2. The minimum Gasteiger partial charge on any atom is -0.333 e. The highest BCUT2D eigenvalue weighted by molar-refractivity contribution is 6.38. The van der Waals surface area contributed by atoms with Crippen LogP contribution in [-0.2, 0) is 19.2 Å². The first kappa shape index (κ1) is 40.6. The maximum Gasteiger partial charge on any atom is 0.315 e. The maximum atomic E-state index is 14.6. The second-order valence-electron chi connectivity index (χ2n) is 17.5. The number of nitrogens with zero attached hydrogens (tertiary/aromatic N) is 2. The van der Waals surface area contributed by atoms with Gasteiger partial charge in [0.05, 0.1) is 29.8 Å². The molecule has 2 aliphatic heterocycles. The van der Waals surface area contributed by atoms with Gasteiger partial charge in [0.15, 0.2) is 11.6 Å². The number of likely N-dealkylation sites (tertiary alicyclic amines) is 1.